The van der Waals surface area contributed by atoms with Crippen LogP contribution in [0, 0.1) is 0 Å². The lowest BCUT2D eigenvalue weighted by Gasteiger charge is -2.14. The first-order valence-electron chi connectivity index (χ1n) is 8.44. The lowest BCUT2D eigenvalue weighted by atomic mass is 10.2. The number of fused-ring (bicyclic) bond motifs is 1. The summed E-state index contributed by atoms with van der Waals surface area (Å²) < 4.78 is 8.13. The second kappa shape index (κ2) is 8.05. The zero-order valence-corrected chi connectivity index (χ0v) is 15.8. The van der Waals surface area contributed by atoms with E-state index in [9.17, 15) is 4.79 Å². The van der Waals surface area contributed by atoms with E-state index in [1.165, 1.54) is 0 Å². The molecule has 5 nitrogen and oxygen atoms in total. The van der Waals surface area contributed by atoms with Gasteiger partial charge in [-0.15, -0.1) is 23.5 Å². The van der Waals surface area contributed by atoms with Crippen LogP contribution >= 0.6 is 23.5 Å². The van der Waals surface area contributed by atoms with Crippen molar-refractivity contribution >= 4 is 35.1 Å². The molecule has 0 unspecified atom stereocenters. The maximum atomic E-state index is 12.2. The molecule has 3 aromatic rings. The van der Waals surface area contributed by atoms with Crippen LogP contribution in [0.15, 0.2) is 54.9 Å². The van der Waals surface area contributed by atoms with Gasteiger partial charge in [-0.05, 0) is 18.2 Å². The second-order valence-electron chi connectivity index (χ2n) is 5.88. The Morgan fingerprint density at radius 1 is 1.19 bits per heavy atom. The summed E-state index contributed by atoms with van der Waals surface area (Å²) in [6.45, 7) is 0.395. The fraction of sp³-hybridized carbons (Fsp3) is 0.263. The van der Waals surface area contributed by atoms with Gasteiger partial charge in [0.1, 0.15) is 11.4 Å². The van der Waals surface area contributed by atoms with E-state index in [-0.39, 0.29) is 12.5 Å². The molecule has 3 heterocycles. The van der Waals surface area contributed by atoms with E-state index in [0.717, 1.165) is 34.2 Å². The van der Waals surface area contributed by atoms with Crippen molar-refractivity contribution in [2.75, 3.05) is 18.1 Å². The predicted octanol–water partition coefficient (Wildman–Crippen LogP) is 3.51. The van der Waals surface area contributed by atoms with Crippen LogP contribution in [-0.4, -0.2) is 33.4 Å². The van der Waals surface area contributed by atoms with Crippen molar-refractivity contribution in [3.05, 3.63) is 66.1 Å². The highest BCUT2D eigenvalue weighted by Crippen LogP contribution is 2.48. The van der Waals surface area contributed by atoms with Crippen LogP contribution in [0.25, 0.3) is 5.65 Å². The summed E-state index contributed by atoms with van der Waals surface area (Å²) >= 11 is 3.85. The lowest BCUT2D eigenvalue weighted by Crippen LogP contribution is -2.28. The first-order valence-corrected chi connectivity index (χ1v) is 10.5. The van der Waals surface area contributed by atoms with Crippen molar-refractivity contribution in [1.82, 2.24) is 14.7 Å². The Kier molecular flexibility index (Phi) is 5.36. The highest BCUT2D eigenvalue weighted by Gasteiger charge is 2.21. The van der Waals surface area contributed by atoms with Gasteiger partial charge in [0.05, 0.1) is 16.8 Å². The van der Waals surface area contributed by atoms with Gasteiger partial charge in [-0.1, -0.05) is 24.3 Å². The minimum absolute atomic E-state index is 0.00639. The van der Waals surface area contributed by atoms with Crippen LogP contribution in [0.3, 0.4) is 0 Å². The monoisotopic (exact) mass is 385 g/mol. The molecule has 1 fully saturated rings. The summed E-state index contributed by atoms with van der Waals surface area (Å²) in [4.78, 5) is 16.6. The Labute approximate surface area is 160 Å². The van der Waals surface area contributed by atoms with E-state index in [1.807, 2.05) is 76.7 Å². The Balaban J connectivity index is 1.33. The van der Waals surface area contributed by atoms with Gasteiger partial charge >= 0.3 is 0 Å². The molecule has 1 N–H and O–H groups in total. The van der Waals surface area contributed by atoms with Gasteiger partial charge in [0, 0.05) is 29.5 Å². The van der Waals surface area contributed by atoms with Crippen molar-refractivity contribution in [3.63, 3.8) is 0 Å². The molecule has 134 valence electrons. The summed E-state index contributed by atoms with van der Waals surface area (Å²) in [7, 11) is 0. The van der Waals surface area contributed by atoms with E-state index < -0.39 is 0 Å². The molecule has 0 saturated carbocycles. The topological polar surface area (TPSA) is 55.6 Å². The predicted molar refractivity (Wildman–Crippen MR) is 107 cm³/mol. The third kappa shape index (κ3) is 3.99. The van der Waals surface area contributed by atoms with Gasteiger partial charge in [0.15, 0.2) is 6.61 Å². The number of ether oxygens (including phenoxy) is 1. The van der Waals surface area contributed by atoms with Crippen molar-refractivity contribution in [2.45, 2.75) is 11.1 Å². The number of nitrogens with one attached hydrogen (secondary N) is 1. The van der Waals surface area contributed by atoms with Crippen molar-refractivity contribution in [2.24, 2.45) is 0 Å². The van der Waals surface area contributed by atoms with Crippen molar-refractivity contribution in [1.29, 1.82) is 0 Å². The Hall–Kier alpha value is -2.12. The molecule has 0 bridgehead atoms. The number of benzene rings is 1. The molecule has 0 atom stereocenters. The third-order valence-electron chi connectivity index (χ3n) is 4.03. The minimum Gasteiger partial charge on any atom is -0.483 e. The van der Waals surface area contributed by atoms with Gasteiger partial charge in [-0.25, -0.2) is 4.98 Å². The average molecular weight is 386 g/mol. The standard InChI is InChI=1S/C19H19N3O2S2/c23-18(20-11-14-12-22-8-4-3-7-17(22)21-14)13-24-16-6-2-1-5-15(16)19-25-9-10-26-19/h1-8,12,19H,9-11,13H2,(H,20,23). The molecule has 1 aliphatic heterocycles. The molecule has 1 aromatic carbocycles. The highest BCUT2D eigenvalue weighted by molar-refractivity contribution is 8.19. The van der Waals surface area contributed by atoms with E-state index >= 15 is 0 Å². The number of imidazole rings is 1. The van der Waals surface area contributed by atoms with Gasteiger partial charge in [-0.3, -0.25) is 4.79 Å². The molecule has 0 aliphatic carbocycles. The fourth-order valence-electron chi connectivity index (χ4n) is 2.80. The molecular weight excluding hydrogens is 366 g/mol. The molecule has 0 radical (unpaired) electrons. The van der Waals surface area contributed by atoms with E-state index in [4.69, 9.17) is 4.74 Å². The number of hydrogen-bond donors (Lipinski definition) is 1. The number of nitrogens with zero attached hydrogens (tertiary/aromatic N) is 2. The molecule has 2 aromatic heterocycles. The Morgan fingerprint density at radius 2 is 2.00 bits per heavy atom. The number of rotatable bonds is 6. The molecular formula is C19H19N3O2S2. The number of para-hydroxylation sites is 1. The molecule has 1 saturated heterocycles. The molecule has 1 aliphatic rings. The minimum atomic E-state index is -0.149. The van der Waals surface area contributed by atoms with Gasteiger partial charge in [-0.2, -0.15) is 0 Å². The third-order valence-corrected chi connectivity index (χ3v) is 7.10. The van der Waals surface area contributed by atoms with Crippen molar-refractivity contribution in [3.8, 4) is 5.75 Å². The van der Waals surface area contributed by atoms with Gasteiger partial charge in [0.25, 0.3) is 5.91 Å². The maximum absolute atomic E-state index is 12.2. The first kappa shape index (κ1) is 17.3. The van der Waals surface area contributed by atoms with E-state index in [0.29, 0.717) is 11.1 Å². The number of pyridine rings is 1. The maximum Gasteiger partial charge on any atom is 0.258 e. The quantitative estimate of drug-likeness (QED) is 0.704. The lowest BCUT2D eigenvalue weighted by molar-refractivity contribution is -0.123. The number of carbonyl (C=O) groups is 1. The van der Waals surface area contributed by atoms with E-state index in [1.54, 1.807) is 0 Å². The van der Waals surface area contributed by atoms with E-state index in [2.05, 4.69) is 16.4 Å². The van der Waals surface area contributed by atoms with Gasteiger partial charge < -0.3 is 14.5 Å². The molecule has 1 amide bonds. The Bertz CT molecular complexity index is 873. The molecule has 26 heavy (non-hydrogen) atoms. The summed E-state index contributed by atoms with van der Waals surface area (Å²) in [5.41, 5.74) is 2.85. The van der Waals surface area contributed by atoms with Crippen LogP contribution in [0.4, 0.5) is 0 Å². The van der Waals surface area contributed by atoms with Crippen LogP contribution in [0.2, 0.25) is 0 Å². The normalized spacial score (nSPS) is 14.6. The fourth-order valence-corrected chi connectivity index (χ4v) is 5.71. The number of amides is 1. The number of thioether (sulfide) groups is 2. The van der Waals surface area contributed by atoms with Crippen LogP contribution < -0.4 is 10.1 Å². The summed E-state index contributed by atoms with van der Waals surface area (Å²) in [6.07, 6.45) is 3.85. The summed E-state index contributed by atoms with van der Waals surface area (Å²) in [5, 5.41) is 2.87. The molecule has 7 heteroatoms. The zero-order valence-electron chi connectivity index (χ0n) is 14.1. The van der Waals surface area contributed by atoms with Gasteiger partial charge in [0.2, 0.25) is 0 Å². The number of carbonyl (C=O) groups excluding carboxylic acids is 1. The Morgan fingerprint density at radius 3 is 2.85 bits per heavy atom. The smallest absolute Gasteiger partial charge is 0.258 e. The largest absolute Gasteiger partial charge is 0.483 e. The van der Waals surface area contributed by atoms with Crippen molar-refractivity contribution < 1.29 is 9.53 Å². The second-order valence-corrected chi connectivity index (χ2v) is 8.60. The first-order chi connectivity index (χ1) is 12.8. The van der Waals surface area contributed by atoms with Crippen LogP contribution in [-0.2, 0) is 11.3 Å². The molecule has 0 spiro atoms. The SMILES string of the molecule is O=C(COc1ccccc1C1SCCS1)NCc1cn2ccccc2n1. The zero-order chi connectivity index (χ0) is 17.8. The van der Waals surface area contributed by atoms with Crippen LogP contribution in [0.5, 0.6) is 5.75 Å². The molecule has 4 rings (SSSR count). The number of hydrogen-bond acceptors (Lipinski definition) is 5. The highest BCUT2D eigenvalue weighted by atomic mass is 32.2. The van der Waals surface area contributed by atoms with Crippen LogP contribution in [0.1, 0.15) is 15.8 Å². The summed E-state index contributed by atoms with van der Waals surface area (Å²) in [5.74, 6) is 2.96. The number of aromatic nitrogens is 2. The summed E-state index contributed by atoms with van der Waals surface area (Å²) in [6, 6.07) is 13.8. The average Bonchev–Trinajstić information content (AvgIpc) is 3.34.